The van der Waals surface area contributed by atoms with Gasteiger partial charge in [0.25, 0.3) is 0 Å². The number of carbonyl (C=O) groups is 1. The first-order valence-electron chi connectivity index (χ1n) is 5.25. The van der Waals surface area contributed by atoms with Crippen molar-refractivity contribution in [2.24, 2.45) is 0 Å². The summed E-state index contributed by atoms with van der Waals surface area (Å²) in [4.78, 5) is 14.2. The molecule has 0 aliphatic heterocycles. The number of hydrogen-bond donors (Lipinski definition) is 2. The summed E-state index contributed by atoms with van der Waals surface area (Å²) in [6.07, 6.45) is 3.52. The van der Waals surface area contributed by atoms with Crippen LogP contribution in [-0.4, -0.2) is 25.1 Å². The molecule has 0 unspecified atom stereocenters. The summed E-state index contributed by atoms with van der Waals surface area (Å²) >= 11 is 0. The molecule has 17 heavy (non-hydrogen) atoms. The second-order valence-corrected chi connectivity index (χ2v) is 5.84. The van der Waals surface area contributed by atoms with Crippen LogP contribution in [0.15, 0.2) is 18.3 Å². The number of carbonyl (C=O) groups excluding carboxylic acids is 1. The zero-order valence-electron chi connectivity index (χ0n) is 9.09. The van der Waals surface area contributed by atoms with E-state index in [0.717, 1.165) is 12.8 Å². The van der Waals surface area contributed by atoms with E-state index < -0.39 is 10.0 Å². The number of aromatic nitrogens is 1. The van der Waals surface area contributed by atoms with Crippen LogP contribution in [0, 0.1) is 0 Å². The number of anilines is 1. The molecule has 1 aromatic heterocycles. The van der Waals surface area contributed by atoms with Crippen molar-refractivity contribution in [1.82, 2.24) is 10.3 Å². The first kappa shape index (κ1) is 11.8. The molecular formula is C10H13N3O3S. The molecule has 0 atom stereocenters. The minimum absolute atomic E-state index is 0.257. The average molecular weight is 255 g/mol. The molecule has 2 N–H and O–H groups in total. The quantitative estimate of drug-likeness (QED) is 0.712. The number of hydrogen-bond acceptors (Lipinski definition) is 4. The fourth-order valence-corrected chi connectivity index (χ4v) is 2.79. The molecule has 92 valence electrons. The molecule has 6 nitrogen and oxygen atoms in total. The molecule has 7 heteroatoms. The van der Waals surface area contributed by atoms with Crippen molar-refractivity contribution in [1.29, 1.82) is 0 Å². The van der Waals surface area contributed by atoms with Crippen LogP contribution >= 0.6 is 0 Å². The molecule has 1 aromatic rings. The molecule has 0 aromatic carbocycles. The molecule has 0 bridgehead atoms. The van der Waals surface area contributed by atoms with Gasteiger partial charge in [-0.3, -0.25) is 14.5 Å². The second-order valence-electron chi connectivity index (χ2n) is 3.88. The van der Waals surface area contributed by atoms with Gasteiger partial charge in [-0.1, -0.05) is 0 Å². The number of sulfonamides is 1. The molecule has 1 aliphatic rings. The molecule has 1 aliphatic carbocycles. The van der Waals surface area contributed by atoms with Crippen LogP contribution in [0.25, 0.3) is 0 Å². The lowest BCUT2D eigenvalue weighted by Crippen LogP contribution is -2.18. The smallest absolute Gasteiger partial charge is 0.235 e. The normalized spacial score (nSPS) is 15.3. The van der Waals surface area contributed by atoms with Crippen molar-refractivity contribution in [2.75, 3.05) is 4.72 Å². The number of pyridine rings is 1. The van der Waals surface area contributed by atoms with Crippen molar-refractivity contribution >= 4 is 22.1 Å². The summed E-state index contributed by atoms with van der Waals surface area (Å²) in [5.74, 6) is 0. The zero-order chi connectivity index (χ0) is 12.3. The molecule has 1 saturated carbocycles. The van der Waals surface area contributed by atoms with E-state index in [1.807, 2.05) is 0 Å². The van der Waals surface area contributed by atoms with E-state index in [2.05, 4.69) is 15.0 Å². The van der Waals surface area contributed by atoms with E-state index in [-0.39, 0.29) is 11.8 Å². The predicted octanol–water partition coefficient (Wildman–Crippen LogP) is 0.232. The van der Waals surface area contributed by atoms with E-state index in [1.165, 1.54) is 6.20 Å². The third-order valence-corrected chi connectivity index (χ3v) is 4.28. The van der Waals surface area contributed by atoms with Gasteiger partial charge in [0.15, 0.2) is 0 Å². The first-order chi connectivity index (χ1) is 8.12. The molecule has 0 saturated heterocycles. The Kier molecular flexibility index (Phi) is 3.28. The van der Waals surface area contributed by atoms with E-state index >= 15 is 0 Å². The van der Waals surface area contributed by atoms with Crippen LogP contribution < -0.4 is 10.0 Å². The summed E-state index contributed by atoms with van der Waals surface area (Å²) < 4.78 is 25.9. The average Bonchev–Trinajstić information content (AvgIpc) is 3.10. The maximum Gasteiger partial charge on any atom is 0.235 e. The lowest BCUT2D eigenvalue weighted by molar-refractivity contribution is -0.109. The first-order valence-corrected chi connectivity index (χ1v) is 6.80. The Morgan fingerprint density at radius 3 is 2.88 bits per heavy atom. The fourth-order valence-electron chi connectivity index (χ4n) is 1.41. The van der Waals surface area contributed by atoms with Crippen molar-refractivity contribution < 1.29 is 13.2 Å². The van der Waals surface area contributed by atoms with Crippen LogP contribution in [-0.2, 0) is 21.4 Å². The maximum absolute atomic E-state index is 11.7. The minimum Gasteiger partial charge on any atom is -0.353 e. The summed E-state index contributed by atoms with van der Waals surface area (Å²) in [6, 6.07) is 3.20. The molecule has 1 amide bonds. The van der Waals surface area contributed by atoms with Crippen LogP contribution in [0.5, 0.6) is 0 Å². The van der Waals surface area contributed by atoms with Crippen LogP contribution in [0.4, 0.5) is 5.69 Å². The Hall–Kier alpha value is -1.63. The maximum atomic E-state index is 11.7. The summed E-state index contributed by atoms with van der Waals surface area (Å²) in [5.41, 5.74) is 1.09. The van der Waals surface area contributed by atoms with Crippen LogP contribution in [0.2, 0.25) is 0 Å². The van der Waals surface area contributed by atoms with Gasteiger partial charge in [0, 0.05) is 6.20 Å². The molecule has 0 spiro atoms. The van der Waals surface area contributed by atoms with Gasteiger partial charge in [0.1, 0.15) is 0 Å². The second kappa shape index (κ2) is 4.70. The number of rotatable bonds is 6. The van der Waals surface area contributed by atoms with Gasteiger partial charge in [0.2, 0.25) is 16.4 Å². The Labute approximate surface area is 99.5 Å². The topological polar surface area (TPSA) is 88.2 Å². The van der Waals surface area contributed by atoms with Gasteiger partial charge >= 0.3 is 0 Å². The predicted molar refractivity (Wildman–Crippen MR) is 62.7 cm³/mol. The molecule has 0 radical (unpaired) electrons. The van der Waals surface area contributed by atoms with Gasteiger partial charge in [-0.15, -0.1) is 0 Å². The van der Waals surface area contributed by atoms with Crippen LogP contribution in [0.1, 0.15) is 18.5 Å². The standard InChI is InChI=1S/C10H13N3O3S/c14-7-11-6-9-5-8(3-4-12-9)13-17(15,16)10-1-2-10/h3-5,7,10H,1-2,6H2,(H,11,14)(H,12,13). The Morgan fingerprint density at radius 1 is 1.47 bits per heavy atom. The zero-order valence-corrected chi connectivity index (χ0v) is 9.90. The molecule has 2 rings (SSSR count). The van der Waals surface area contributed by atoms with E-state index in [4.69, 9.17) is 0 Å². The largest absolute Gasteiger partial charge is 0.353 e. The summed E-state index contributed by atoms with van der Waals surface area (Å²) in [7, 11) is -3.25. The van der Waals surface area contributed by atoms with Crippen molar-refractivity contribution in [3.63, 3.8) is 0 Å². The Bertz CT molecular complexity index is 511. The number of nitrogens with one attached hydrogen (secondary N) is 2. The monoisotopic (exact) mass is 255 g/mol. The lowest BCUT2D eigenvalue weighted by atomic mass is 10.3. The highest BCUT2D eigenvalue weighted by atomic mass is 32.2. The van der Waals surface area contributed by atoms with Gasteiger partial charge in [-0.2, -0.15) is 0 Å². The summed E-state index contributed by atoms with van der Waals surface area (Å²) in [6.45, 7) is 0.280. The van der Waals surface area contributed by atoms with Crippen molar-refractivity contribution in [2.45, 2.75) is 24.6 Å². The molecule has 1 heterocycles. The Balaban J connectivity index is 2.07. The Morgan fingerprint density at radius 2 is 2.24 bits per heavy atom. The molecular weight excluding hydrogens is 242 g/mol. The highest BCUT2D eigenvalue weighted by Gasteiger charge is 2.35. The van der Waals surface area contributed by atoms with Crippen molar-refractivity contribution in [3.05, 3.63) is 24.0 Å². The van der Waals surface area contributed by atoms with E-state index in [9.17, 15) is 13.2 Å². The number of nitrogens with zero attached hydrogens (tertiary/aromatic N) is 1. The van der Waals surface area contributed by atoms with Gasteiger partial charge in [-0.05, 0) is 25.0 Å². The fraction of sp³-hybridized carbons (Fsp3) is 0.400. The summed E-state index contributed by atoms with van der Waals surface area (Å²) in [5, 5.41) is 2.21. The lowest BCUT2D eigenvalue weighted by Gasteiger charge is -2.07. The van der Waals surface area contributed by atoms with E-state index in [0.29, 0.717) is 17.8 Å². The number of amides is 1. The highest BCUT2D eigenvalue weighted by Crippen LogP contribution is 2.29. The third-order valence-electron chi connectivity index (χ3n) is 2.41. The van der Waals surface area contributed by atoms with E-state index in [1.54, 1.807) is 12.1 Å². The van der Waals surface area contributed by atoms with Crippen LogP contribution in [0.3, 0.4) is 0 Å². The van der Waals surface area contributed by atoms with Crippen molar-refractivity contribution in [3.8, 4) is 0 Å². The van der Waals surface area contributed by atoms with Gasteiger partial charge in [-0.25, -0.2) is 8.42 Å². The highest BCUT2D eigenvalue weighted by molar-refractivity contribution is 7.93. The third kappa shape index (κ3) is 3.16. The SMILES string of the molecule is O=CNCc1cc(NS(=O)(=O)C2CC2)ccn1. The van der Waals surface area contributed by atoms with Gasteiger partial charge < -0.3 is 5.32 Å². The minimum atomic E-state index is -3.25. The van der Waals surface area contributed by atoms with Gasteiger partial charge in [0.05, 0.1) is 23.2 Å². The molecule has 1 fully saturated rings.